The lowest BCUT2D eigenvalue weighted by Crippen LogP contribution is -2.38. The highest BCUT2D eigenvalue weighted by molar-refractivity contribution is 5.95. The Bertz CT molecular complexity index is 983. The van der Waals surface area contributed by atoms with Gasteiger partial charge in [-0.15, -0.1) is 0 Å². The fraction of sp³-hybridized carbons (Fsp3) is 0.154. The molecule has 0 spiro atoms. The third-order valence-corrected chi connectivity index (χ3v) is 3.26. The second-order valence-corrected chi connectivity index (χ2v) is 4.64. The van der Waals surface area contributed by atoms with Gasteiger partial charge in [0.1, 0.15) is 12.1 Å². The molecule has 0 atom stereocenters. The zero-order valence-corrected chi connectivity index (χ0v) is 11.8. The number of carbonyl (C=O) groups excluding carboxylic acids is 1. The fourth-order valence-corrected chi connectivity index (χ4v) is 2.13. The molecule has 0 aliphatic heterocycles. The van der Waals surface area contributed by atoms with E-state index >= 15 is 0 Å². The van der Waals surface area contributed by atoms with Crippen LogP contribution in [0.3, 0.4) is 0 Å². The van der Waals surface area contributed by atoms with Crippen molar-refractivity contribution in [2.24, 2.45) is 14.1 Å². The molecule has 3 aromatic heterocycles. The average molecular weight is 300 g/mol. The van der Waals surface area contributed by atoms with Crippen LogP contribution >= 0.6 is 0 Å². The number of aryl methyl sites for hydroxylation is 1. The molecule has 3 aromatic rings. The van der Waals surface area contributed by atoms with E-state index in [0.717, 1.165) is 9.13 Å². The molecular formula is C13H12N6O3. The number of anilines is 1. The van der Waals surface area contributed by atoms with Gasteiger partial charge in [-0.2, -0.15) is 0 Å². The molecule has 9 heteroatoms. The standard InChI is InChI=1S/C13H12N6O3/c1-17-10-9(11(20)18(2)13(17)22)15-7-19(10)12(21)16-8-5-3-4-6-14-8/h3-7H,1-2H3,(H,14,16,21). The molecule has 0 aromatic carbocycles. The quantitative estimate of drug-likeness (QED) is 0.676. The summed E-state index contributed by atoms with van der Waals surface area (Å²) in [5.41, 5.74) is -0.922. The lowest BCUT2D eigenvalue weighted by Gasteiger charge is -2.08. The van der Waals surface area contributed by atoms with Crippen LogP contribution < -0.4 is 16.6 Å². The number of aromatic nitrogens is 5. The zero-order chi connectivity index (χ0) is 15.9. The molecule has 22 heavy (non-hydrogen) atoms. The molecule has 0 unspecified atom stereocenters. The molecule has 0 aliphatic carbocycles. The Morgan fingerprint density at radius 3 is 2.59 bits per heavy atom. The molecule has 3 rings (SSSR count). The molecule has 1 amide bonds. The number of nitrogens with one attached hydrogen (secondary N) is 1. The Hall–Kier alpha value is -3.23. The van der Waals surface area contributed by atoms with Gasteiger partial charge in [-0.25, -0.2) is 24.1 Å². The number of pyridine rings is 1. The zero-order valence-electron chi connectivity index (χ0n) is 11.8. The molecule has 0 aliphatic rings. The van der Waals surface area contributed by atoms with Crippen molar-refractivity contribution in [1.82, 2.24) is 23.7 Å². The molecule has 0 fully saturated rings. The number of fused-ring (bicyclic) bond motifs is 1. The Balaban J connectivity index is 2.15. The number of hydrogen-bond acceptors (Lipinski definition) is 5. The van der Waals surface area contributed by atoms with Crippen LogP contribution in [-0.4, -0.2) is 29.7 Å². The van der Waals surface area contributed by atoms with E-state index in [4.69, 9.17) is 0 Å². The highest BCUT2D eigenvalue weighted by Crippen LogP contribution is 2.08. The van der Waals surface area contributed by atoms with E-state index in [1.807, 2.05) is 0 Å². The summed E-state index contributed by atoms with van der Waals surface area (Å²) in [5, 5.41) is 2.57. The monoisotopic (exact) mass is 300 g/mol. The van der Waals surface area contributed by atoms with Gasteiger partial charge in [0.15, 0.2) is 11.2 Å². The van der Waals surface area contributed by atoms with Crippen LogP contribution in [0.15, 0.2) is 40.3 Å². The normalized spacial score (nSPS) is 10.8. The first-order chi connectivity index (χ1) is 10.5. The summed E-state index contributed by atoms with van der Waals surface area (Å²) in [4.78, 5) is 44.2. The van der Waals surface area contributed by atoms with Crippen LogP contribution in [0.1, 0.15) is 0 Å². The van der Waals surface area contributed by atoms with Crippen molar-refractivity contribution < 1.29 is 4.79 Å². The maximum Gasteiger partial charge on any atom is 0.334 e. The van der Waals surface area contributed by atoms with Gasteiger partial charge in [0.2, 0.25) is 0 Å². The number of rotatable bonds is 1. The Morgan fingerprint density at radius 2 is 1.91 bits per heavy atom. The van der Waals surface area contributed by atoms with Gasteiger partial charge in [-0.05, 0) is 12.1 Å². The van der Waals surface area contributed by atoms with E-state index in [9.17, 15) is 14.4 Å². The summed E-state index contributed by atoms with van der Waals surface area (Å²) in [7, 11) is 2.83. The van der Waals surface area contributed by atoms with Gasteiger partial charge in [0.05, 0.1) is 0 Å². The number of imidazole rings is 1. The van der Waals surface area contributed by atoms with E-state index in [1.54, 1.807) is 18.2 Å². The van der Waals surface area contributed by atoms with Crippen molar-refractivity contribution in [3.05, 3.63) is 51.6 Å². The minimum atomic E-state index is -0.565. The Morgan fingerprint density at radius 1 is 1.14 bits per heavy atom. The Labute approximate surface area is 123 Å². The van der Waals surface area contributed by atoms with Gasteiger partial charge in [-0.1, -0.05) is 6.07 Å². The second kappa shape index (κ2) is 4.95. The first-order valence-electron chi connectivity index (χ1n) is 6.36. The molecular weight excluding hydrogens is 288 g/mol. The number of hydrogen-bond donors (Lipinski definition) is 1. The first kappa shape index (κ1) is 13.7. The highest BCUT2D eigenvalue weighted by atomic mass is 16.2. The summed E-state index contributed by atoms with van der Waals surface area (Å²) in [6, 6.07) is 4.50. The van der Waals surface area contributed by atoms with Crippen LogP contribution in [0.25, 0.3) is 11.2 Å². The van der Waals surface area contributed by atoms with Crippen LogP contribution in [0.5, 0.6) is 0 Å². The fourth-order valence-electron chi connectivity index (χ4n) is 2.13. The van der Waals surface area contributed by atoms with E-state index in [2.05, 4.69) is 15.3 Å². The Kier molecular flexibility index (Phi) is 3.09. The number of carbonyl (C=O) groups is 1. The van der Waals surface area contributed by atoms with E-state index < -0.39 is 17.3 Å². The van der Waals surface area contributed by atoms with Crippen molar-refractivity contribution in [2.45, 2.75) is 0 Å². The lowest BCUT2D eigenvalue weighted by molar-refractivity contribution is 0.254. The summed E-state index contributed by atoms with van der Waals surface area (Å²) in [6.45, 7) is 0. The largest absolute Gasteiger partial charge is 0.334 e. The van der Waals surface area contributed by atoms with Crippen molar-refractivity contribution in [3.63, 3.8) is 0 Å². The lowest BCUT2D eigenvalue weighted by atomic mass is 10.4. The third-order valence-electron chi connectivity index (χ3n) is 3.26. The predicted molar refractivity (Wildman–Crippen MR) is 78.9 cm³/mol. The van der Waals surface area contributed by atoms with Crippen LogP contribution in [0, 0.1) is 0 Å². The van der Waals surface area contributed by atoms with E-state index in [1.165, 1.54) is 31.2 Å². The van der Waals surface area contributed by atoms with Gasteiger partial charge in [-0.3, -0.25) is 19.2 Å². The summed E-state index contributed by atoms with van der Waals surface area (Å²) >= 11 is 0. The van der Waals surface area contributed by atoms with E-state index in [-0.39, 0.29) is 11.2 Å². The minimum Gasteiger partial charge on any atom is -0.292 e. The molecule has 3 heterocycles. The van der Waals surface area contributed by atoms with E-state index in [0.29, 0.717) is 5.82 Å². The van der Waals surface area contributed by atoms with Crippen LogP contribution in [-0.2, 0) is 14.1 Å². The van der Waals surface area contributed by atoms with Gasteiger partial charge in [0.25, 0.3) is 5.56 Å². The molecule has 9 nitrogen and oxygen atoms in total. The molecule has 0 saturated carbocycles. The smallest absolute Gasteiger partial charge is 0.292 e. The van der Waals surface area contributed by atoms with Gasteiger partial charge >= 0.3 is 11.7 Å². The number of amides is 1. The molecule has 1 N–H and O–H groups in total. The SMILES string of the molecule is Cn1c(=O)c2ncn(C(=O)Nc3ccccn3)c2n(C)c1=O. The topological polar surface area (TPSA) is 104 Å². The molecule has 0 bridgehead atoms. The first-order valence-corrected chi connectivity index (χ1v) is 6.36. The van der Waals surface area contributed by atoms with Crippen molar-refractivity contribution in [2.75, 3.05) is 5.32 Å². The van der Waals surface area contributed by atoms with Gasteiger partial charge in [0, 0.05) is 20.3 Å². The maximum atomic E-state index is 12.3. The number of nitrogens with zero attached hydrogens (tertiary/aromatic N) is 5. The molecule has 0 saturated heterocycles. The molecule has 112 valence electrons. The maximum absolute atomic E-state index is 12.3. The summed E-state index contributed by atoms with van der Waals surface area (Å²) in [6.07, 6.45) is 2.73. The average Bonchev–Trinajstić information content (AvgIpc) is 2.97. The minimum absolute atomic E-state index is 0.0424. The van der Waals surface area contributed by atoms with Crippen LogP contribution in [0.4, 0.5) is 10.6 Å². The second-order valence-electron chi connectivity index (χ2n) is 4.64. The van der Waals surface area contributed by atoms with Crippen molar-refractivity contribution in [3.8, 4) is 0 Å². The van der Waals surface area contributed by atoms with Crippen molar-refractivity contribution >= 4 is 23.0 Å². The summed E-state index contributed by atoms with van der Waals surface area (Å²) in [5.74, 6) is 0.350. The van der Waals surface area contributed by atoms with Crippen LogP contribution in [0.2, 0.25) is 0 Å². The highest BCUT2D eigenvalue weighted by Gasteiger charge is 2.18. The third kappa shape index (κ3) is 1.99. The summed E-state index contributed by atoms with van der Waals surface area (Å²) < 4.78 is 3.24. The van der Waals surface area contributed by atoms with Crippen molar-refractivity contribution in [1.29, 1.82) is 0 Å². The predicted octanol–water partition coefficient (Wildman–Crippen LogP) is -0.0911. The van der Waals surface area contributed by atoms with Gasteiger partial charge < -0.3 is 0 Å². The molecule has 0 radical (unpaired) electrons.